The lowest BCUT2D eigenvalue weighted by molar-refractivity contribution is -0.121. The van der Waals surface area contributed by atoms with E-state index in [0.717, 1.165) is 0 Å². The molecular weight excluding hydrogens is 194 g/mol. The lowest BCUT2D eigenvalue weighted by atomic mass is 10.1. The van der Waals surface area contributed by atoms with Crippen molar-refractivity contribution in [3.8, 4) is 0 Å². The third-order valence-corrected chi connectivity index (χ3v) is 1.68. The van der Waals surface area contributed by atoms with E-state index in [4.69, 9.17) is 4.74 Å². The molecule has 0 saturated carbocycles. The Morgan fingerprint density at radius 1 is 1.27 bits per heavy atom. The van der Waals surface area contributed by atoms with Crippen molar-refractivity contribution >= 4 is 11.9 Å². The van der Waals surface area contributed by atoms with Crippen molar-refractivity contribution in [3.63, 3.8) is 0 Å². The molecule has 0 aliphatic rings. The highest BCUT2D eigenvalue weighted by molar-refractivity contribution is 5.81. The Labute approximate surface area is 91.4 Å². The second-order valence-corrected chi connectivity index (χ2v) is 4.80. The first-order chi connectivity index (χ1) is 6.72. The van der Waals surface area contributed by atoms with Gasteiger partial charge in [-0.25, -0.2) is 4.79 Å². The number of carbonyl (C=O) groups excluding carboxylic acids is 2. The average Bonchev–Trinajstić information content (AvgIpc) is 2.00. The summed E-state index contributed by atoms with van der Waals surface area (Å²) in [7, 11) is 0. The van der Waals surface area contributed by atoms with Gasteiger partial charge in [-0.2, -0.15) is 0 Å². The molecule has 0 heterocycles. The molecule has 15 heavy (non-hydrogen) atoms. The maximum absolute atomic E-state index is 11.2. The summed E-state index contributed by atoms with van der Waals surface area (Å²) in [5.41, 5.74) is -0.494. The van der Waals surface area contributed by atoms with Crippen LogP contribution < -0.4 is 5.32 Å². The van der Waals surface area contributed by atoms with E-state index in [1.165, 1.54) is 0 Å². The Morgan fingerprint density at radius 3 is 2.20 bits per heavy atom. The summed E-state index contributed by atoms with van der Waals surface area (Å²) < 4.78 is 5.02. The molecule has 0 fully saturated rings. The Bertz CT molecular complexity index is 228. The van der Waals surface area contributed by atoms with E-state index < -0.39 is 11.7 Å². The predicted molar refractivity (Wildman–Crippen MR) is 58.7 cm³/mol. The van der Waals surface area contributed by atoms with Gasteiger partial charge in [0.2, 0.25) is 0 Å². The van der Waals surface area contributed by atoms with Crippen LogP contribution in [0.2, 0.25) is 0 Å². The molecule has 4 heteroatoms. The van der Waals surface area contributed by atoms with Crippen LogP contribution in [0.3, 0.4) is 0 Å². The van der Waals surface area contributed by atoms with Crippen LogP contribution >= 0.6 is 0 Å². The highest BCUT2D eigenvalue weighted by atomic mass is 16.6. The SMILES string of the molecule is CC(C)C(=O)CCNC(=O)OC(C)(C)C. The highest BCUT2D eigenvalue weighted by Crippen LogP contribution is 2.06. The summed E-state index contributed by atoms with van der Waals surface area (Å²) in [6, 6.07) is 0. The Balaban J connectivity index is 3.70. The minimum absolute atomic E-state index is 0.0189. The standard InChI is InChI=1S/C11H21NO3/c1-8(2)9(13)6-7-12-10(14)15-11(3,4)5/h8H,6-7H2,1-5H3,(H,12,14). The zero-order valence-electron chi connectivity index (χ0n) is 10.2. The average molecular weight is 215 g/mol. The fraction of sp³-hybridized carbons (Fsp3) is 0.818. The van der Waals surface area contributed by atoms with Gasteiger partial charge in [0, 0.05) is 18.9 Å². The lowest BCUT2D eigenvalue weighted by Crippen LogP contribution is -2.33. The second kappa shape index (κ2) is 5.73. The van der Waals surface area contributed by atoms with E-state index in [1.807, 2.05) is 13.8 Å². The van der Waals surface area contributed by atoms with Crippen molar-refractivity contribution in [3.05, 3.63) is 0 Å². The molecule has 0 spiro atoms. The molecular formula is C11H21NO3. The van der Waals surface area contributed by atoms with E-state index in [-0.39, 0.29) is 11.7 Å². The van der Waals surface area contributed by atoms with Gasteiger partial charge in [0.15, 0.2) is 0 Å². The fourth-order valence-electron chi connectivity index (χ4n) is 0.891. The number of hydrogen-bond acceptors (Lipinski definition) is 3. The molecule has 0 aromatic rings. The van der Waals surface area contributed by atoms with E-state index in [2.05, 4.69) is 5.32 Å². The minimum Gasteiger partial charge on any atom is -0.444 e. The largest absolute Gasteiger partial charge is 0.444 e. The summed E-state index contributed by atoms with van der Waals surface area (Å²) in [5.74, 6) is 0.163. The van der Waals surface area contributed by atoms with Crippen molar-refractivity contribution in [2.24, 2.45) is 5.92 Å². The first kappa shape index (κ1) is 13.9. The smallest absolute Gasteiger partial charge is 0.407 e. The number of carbonyl (C=O) groups is 2. The molecule has 1 N–H and O–H groups in total. The summed E-state index contributed by atoms with van der Waals surface area (Å²) in [4.78, 5) is 22.4. The predicted octanol–water partition coefficient (Wildman–Crippen LogP) is 2.13. The number of ether oxygens (including phenoxy) is 1. The first-order valence-electron chi connectivity index (χ1n) is 5.22. The van der Waals surface area contributed by atoms with Crippen molar-refractivity contribution in [1.29, 1.82) is 0 Å². The van der Waals surface area contributed by atoms with Crippen LogP contribution in [-0.2, 0) is 9.53 Å². The second-order valence-electron chi connectivity index (χ2n) is 4.80. The van der Waals surface area contributed by atoms with Gasteiger partial charge in [0.1, 0.15) is 11.4 Å². The summed E-state index contributed by atoms with van der Waals surface area (Å²) in [5, 5.41) is 2.54. The van der Waals surface area contributed by atoms with Gasteiger partial charge in [-0.05, 0) is 20.8 Å². The molecule has 1 amide bonds. The summed E-state index contributed by atoms with van der Waals surface area (Å²) >= 11 is 0. The minimum atomic E-state index is -0.494. The summed E-state index contributed by atoms with van der Waals surface area (Å²) in [6.07, 6.45) is -0.115. The van der Waals surface area contributed by atoms with Crippen molar-refractivity contribution in [1.82, 2.24) is 5.32 Å². The molecule has 4 nitrogen and oxygen atoms in total. The summed E-state index contributed by atoms with van der Waals surface area (Å²) in [6.45, 7) is 9.42. The van der Waals surface area contributed by atoms with E-state index >= 15 is 0 Å². The van der Waals surface area contributed by atoms with E-state index in [0.29, 0.717) is 13.0 Å². The third kappa shape index (κ3) is 7.97. The highest BCUT2D eigenvalue weighted by Gasteiger charge is 2.16. The van der Waals surface area contributed by atoms with Crippen LogP contribution in [0.5, 0.6) is 0 Å². The van der Waals surface area contributed by atoms with Crippen LogP contribution in [0.25, 0.3) is 0 Å². The first-order valence-corrected chi connectivity index (χ1v) is 5.22. The van der Waals surface area contributed by atoms with Crippen molar-refractivity contribution in [2.45, 2.75) is 46.6 Å². The fourth-order valence-corrected chi connectivity index (χ4v) is 0.891. The molecule has 0 aromatic heterocycles. The van der Waals surface area contributed by atoms with Crippen molar-refractivity contribution in [2.75, 3.05) is 6.54 Å². The molecule has 0 aromatic carbocycles. The molecule has 0 unspecified atom stereocenters. The molecule has 0 aliphatic heterocycles. The van der Waals surface area contributed by atoms with Crippen LogP contribution in [0.15, 0.2) is 0 Å². The van der Waals surface area contributed by atoms with Gasteiger partial charge >= 0.3 is 6.09 Å². The number of Topliss-reactive ketones (excluding diaryl/α,β-unsaturated/α-hetero) is 1. The van der Waals surface area contributed by atoms with Gasteiger partial charge in [-0.15, -0.1) is 0 Å². The Hall–Kier alpha value is -1.06. The van der Waals surface area contributed by atoms with E-state index in [1.54, 1.807) is 20.8 Å². The van der Waals surface area contributed by atoms with Crippen LogP contribution in [0, 0.1) is 5.92 Å². The number of ketones is 1. The monoisotopic (exact) mass is 215 g/mol. The van der Waals surface area contributed by atoms with Crippen LogP contribution in [-0.4, -0.2) is 24.0 Å². The zero-order chi connectivity index (χ0) is 12.1. The maximum atomic E-state index is 11.2. The lowest BCUT2D eigenvalue weighted by Gasteiger charge is -2.19. The Morgan fingerprint density at radius 2 is 1.80 bits per heavy atom. The molecule has 0 radical (unpaired) electrons. The molecule has 0 atom stereocenters. The number of alkyl carbamates (subject to hydrolysis) is 1. The van der Waals surface area contributed by atoms with Gasteiger partial charge < -0.3 is 10.1 Å². The normalized spacial score (nSPS) is 11.3. The molecule has 0 aliphatic carbocycles. The topological polar surface area (TPSA) is 55.4 Å². The molecule has 88 valence electrons. The van der Waals surface area contributed by atoms with E-state index in [9.17, 15) is 9.59 Å². The van der Waals surface area contributed by atoms with Gasteiger partial charge in [0.05, 0.1) is 0 Å². The Kier molecular flexibility index (Phi) is 5.33. The molecule has 0 bridgehead atoms. The maximum Gasteiger partial charge on any atom is 0.407 e. The van der Waals surface area contributed by atoms with Crippen molar-refractivity contribution < 1.29 is 14.3 Å². The van der Waals surface area contributed by atoms with Crippen LogP contribution in [0.4, 0.5) is 4.79 Å². The number of amides is 1. The number of nitrogens with one attached hydrogen (secondary N) is 1. The zero-order valence-corrected chi connectivity index (χ0v) is 10.2. The molecule has 0 rings (SSSR count). The third-order valence-electron chi connectivity index (χ3n) is 1.68. The van der Waals surface area contributed by atoms with Gasteiger partial charge in [-0.1, -0.05) is 13.8 Å². The number of hydrogen-bond donors (Lipinski definition) is 1. The quantitative estimate of drug-likeness (QED) is 0.781. The number of rotatable bonds is 4. The van der Waals surface area contributed by atoms with Gasteiger partial charge in [0.25, 0.3) is 0 Å². The molecule has 0 saturated heterocycles. The van der Waals surface area contributed by atoms with Gasteiger partial charge in [-0.3, -0.25) is 4.79 Å². The van der Waals surface area contributed by atoms with Crippen LogP contribution in [0.1, 0.15) is 41.0 Å².